The lowest BCUT2D eigenvalue weighted by atomic mass is 10.0. The first-order valence-electron chi connectivity index (χ1n) is 11.6. The van der Waals surface area contributed by atoms with Crippen molar-refractivity contribution in [1.29, 1.82) is 0 Å². The molecule has 0 aliphatic carbocycles. The van der Waals surface area contributed by atoms with E-state index in [9.17, 15) is 18.3 Å². The molecule has 8 heteroatoms. The second kappa shape index (κ2) is 10.5. The number of nitrogens with zero attached hydrogens (tertiary/aromatic N) is 1. The Hall–Kier alpha value is -3.75. The summed E-state index contributed by atoms with van der Waals surface area (Å²) in [4.78, 5) is 15.9. The number of hydrogen-bond donors (Lipinski definition) is 2. The van der Waals surface area contributed by atoms with Crippen molar-refractivity contribution in [1.82, 2.24) is 9.71 Å². The Balaban J connectivity index is 1.45. The Morgan fingerprint density at radius 2 is 1.58 bits per heavy atom. The van der Waals surface area contributed by atoms with Crippen molar-refractivity contribution < 1.29 is 23.1 Å². The average Bonchev–Trinajstić information content (AvgIpc) is 2.86. The fourth-order valence-electron chi connectivity index (χ4n) is 3.88. The van der Waals surface area contributed by atoms with E-state index < -0.39 is 22.0 Å². The number of carboxylic acid groups (broad SMARTS) is 1. The van der Waals surface area contributed by atoms with Gasteiger partial charge < -0.3 is 9.84 Å². The molecule has 1 heterocycles. The molecule has 0 aliphatic heterocycles. The molecule has 1 aromatic heterocycles. The molecular weight excluding hydrogens is 476 g/mol. The zero-order chi connectivity index (χ0) is 25.9. The third kappa shape index (κ3) is 5.72. The number of rotatable bonds is 9. The number of carbonyl (C=O) groups is 1. The molecule has 0 bridgehead atoms. The van der Waals surface area contributed by atoms with Crippen LogP contribution in [0.4, 0.5) is 0 Å². The van der Waals surface area contributed by atoms with Crippen molar-refractivity contribution >= 4 is 26.9 Å². The van der Waals surface area contributed by atoms with E-state index in [-0.39, 0.29) is 10.8 Å². The third-order valence-corrected chi connectivity index (χ3v) is 7.32. The molecule has 1 atom stereocenters. The Morgan fingerprint density at radius 3 is 2.19 bits per heavy atom. The van der Waals surface area contributed by atoms with Crippen LogP contribution in [0.25, 0.3) is 22.0 Å². The minimum Gasteiger partial charge on any atom is -0.488 e. The van der Waals surface area contributed by atoms with E-state index in [4.69, 9.17) is 4.74 Å². The molecule has 0 fully saturated rings. The van der Waals surface area contributed by atoms with Crippen molar-refractivity contribution in [3.05, 3.63) is 90.1 Å². The molecule has 4 aromatic rings. The first-order chi connectivity index (χ1) is 17.1. The predicted molar refractivity (Wildman–Crippen MR) is 139 cm³/mol. The van der Waals surface area contributed by atoms with Crippen molar-refractivity contribution in [3.8, 4) is 16.9 Å². The molecule has 0 radical (unpaired) electrons. The minimum absolute atomic E-state index is 0.0167. The number of nitrogens with one attached hydrogen (secondary N) is 1. The Morgan fingerprint density at radius 1 is 0.972 bits per heavy atom. The smallest absolute Gasteiger partial charge is 0.322 e. The maximum atomic E-state index is 12.6. The number of pyridine rings is 1. The fourth-order valence-corrected chi connectivity index (χ4v) is 5.21. The Bertz CT molecular complexity index is 1480. The lowest BCUT2D eigenvalue weighted by Gasteiger charge is -2.18. The first-order valence-corrected chi connectivity index (χ1v) is 13.1. The lowest BCUT2D eigenvalue weighted by Crippen LogP contribution is -2.44. The van der Waals surface area contributed by atoms with Crippen LogP contribution in [-0.4, -0.2) is 30.5 Å². The Kier molecular flexibility index (Phi) is 7.37. The maximum Gasteiger partial charge on any atom is 0.322 e. The standard InChI is InChI=1S/C28H28N2O5S/c1-18(2)27(28(31)32)30-36(33,34)23-14-12-22(13-15-23)21-10-8-20(9-11-21)17-35-26-16-19(3)29-25-7-5-4-6-24(25)26/h4-16,18,27,30H,17H2,1-3H3,(H,31,32)/t27-/m1/s1. The molecular formula is C28H28N2O5S. The normalized spacial score (nSPS) is 12.6. The summed E-state index contributed by atoms with van der Waals surface area (Å²) in [6.45, 7) is 5.64. The van der Waals surface area contributed by atoms with Gasteiger partial charge in [0.05, 0.1) is 10.4 Å². The molecule has 0 unspecified atom stereocenters. The molecule has 2 N–H and O–H groups in total. The highest BCUT2D eigenvalue weighted by Crippen LogP contribution is 2.27. The molecule has 4 rings (SSSR count). The van der Waals surface area contributed by atoms with Gasteiger partial charge in [0.2, 0.25) is 10.0 Å². The number of hydrogen-bond acceptors (Lipinski definition) is 5. The van der Waals surface area contributed by atoms with Crippen LogP contribution in [-0.2, 0) is 21.4 Å². The Labute approximate surface area is 210 Å². The van der Waals surface area contributed by atoms with Crippen molar-refractivity contribution in [2.45, 2.75) is 38.3 Å². The maximum absolute atomic E-state index is 12.6. The number of ether oxygens (including phenoxy) is 1. The largest absolute Gasteiger partial charge is 0.488 e. The van der Waals surface area contributed by atoms with E-state index >= 15 is 0 Å². The zero-order valence-corrected chi connectivity index (χ0v) is 21.1. The van der Waals surface area contributed by atoms with Crippen LogP contribution < -0.4 is 9.46 Å². The summed E-state index contributed by atoms with van der Waals surface area (Å²) in [5, 5.41) is 10.3. The third-order valence-electron chi connectivity index (χ3n) is 5.87. The number of aromatic nitrogens is 1. The van der Waals surface area contributed by atoms with Gasteiger partial charge in [-0.2, -0.15) is 4.72 Å². The molecule has 7 nitrogen and oxygen atoms in total. The van der Waals surface area contributed by atoms with Crippen LogP contribution in [0.2, 0.25) is 0 Å². The fraction of sp³-hybridized carbons (Fsp3) is 0.214. The van der Waals surface area contributed by atoms with Crippen molar-refractivity contribution in [2.24, 2.45) is 5.92 Å². The molecule has 0 amide bonds. The van der Waals surface area contributed by atoms with Crippen LogP contribution in [0.3, 0.4) is 0 Å². The van der Waals surface area contributed by atoms with E-state index in [1.807, 2.05) is 61.5 Å². The number of fused-ring (bicyclic) bond motifs is 1. The van der Waals surface area contributed by atoms with Gasteiger partial charge in [-0.1, -0.05) is 62.4 Å². The highest BCUT2D eigenvalue weighted by atomic mass is 32.2. The number of carboxylic acids is 1. The molecule has 0 saturated carbocycles. The van der Waals surface area contributed by atoms with Gasteiger partial charge in [-0.15, -0.1) is 0 Å². The van der Waals surface area contributed by atoms with Gasteiger partial charge in [-0.3, -0.25) is 9.78 Å². The highest BCUT2D eigenvalue weighted by molar-refractivity contribution is 7.89. The number of aryl methyl sites for hydroxylation is 1. The summed E-state index contributed by atoms with van der Waals surface area (Å²) >= 11 is 0. The summed E-state index contributed by atoms with van der Waals surface area (Å²) in [6, 6.07) is 22.8. The number of para-hydroxylation sites is 1. The SMILES string of the molecule is Cc1cc(OCc2ccc(-c3ccc(S(=O)(=O)N[C@@H](C(=O)O)C(C)C)cc3)cc2)c2ccccc2n1. The van der Waals surface area contributed by atoms with Gasteiger partial charge in [-0.05, 0) is 53.8 Å². The second-order valence-corrected chi connectivity index (χ2v) is 10.7. The number of benzene rings is 3. The summed E-state index contributed by atoms with van der Waals surface area (Å²) < 4.78 is 33.7. The molecule has 0 saturated heterocycles. The molecule has 0 aliphatic rings. The van der Waals surface area contributed by atoms with Gasteiger partial charge in [0.1, 0.15) is 18.4 Å². The van der Waals surface area contributed by atoms with Gasteiger partial charge in [0.15, 0.2) is 0 Å². The van der Waals surface area contributed by atoms with E-state index in [0.717, 1.165) is 39.0 Å². The van der Waals surface area contributed by atoms with Gasteiger partial charge in [0.25, 0.3) is 0 Å². The monoisotopic (exact) mass is 504 g/mol. The predicted octanol–water partition coefficient (Wildman–Crippen LogP) is 5.18. The highest BCUT2D eigenvalue weighted by Gasteiger charge is 2.27. The second-order valence-electron chi connectivity index (χ2n) is 8.97. The van der Waals surface area contributed by atoms with E-state index in [2.05, 4.69) is 9.71 Å². The number of sulfonamides is 1. The minimum atomic E-state index is -3.96. The van der Waals surface area contributed by atoms with Gasteiger partial charge in [-0.25, -0.2) is 8.42 Å². The lowest BCUT2D eigenvalue weighted by molar-refractivity contribution is -0.140. The summed E-state index contributed by atoms with van der Waals surface area (Å²) in [6.07, 6.45) is 0. The van der Waals surface area contributed by atoms with E-state index in [0.29, 0.717) is 6.61 Å². The number of aliphatic carboxylic acids is 1. The zero-order valence-electron chi connectivity index (χ0n) is 20.3. The topological polar surface area (TPSA) is 106 Å². The average molecular weight is 505 g/mol. The van der Waals surface area contributed by atoms with Crippen LogP contribution >= 0.6 is 0 Å². The van der Waals surface area contributed by atoms with Crippen LogP contribution in [0.15, 0.2) is 83.8 Å². The molecule has 36 heavy (non-hydrogen) atoms. The quantitative estimate of drug-likeness (QED) is 0.326. The molecule has 186 valence electrons. The molecule has 3 aromatic carbocycles. The summed E-state index contributed by atoms with van der Waals surface area (Å²) in [5.41, 5.74) is 4.55. The van der Waals surface area contributed by atoms with Crippen LogP contribution in [0.1, 0.15) is 25.1 Å². The van der Waals surface area contributed by atoms with E-state index in [1.165, 1.54) is 12.1 Å². The van der Waals surface area contributed by atoms with Gasteiger partial charge in [0, 0.05) is 17.1 Å². The van der Waals surface area contributed by atoms with Crippen molar-refractivity contribution in [2.75, 3.05) is 0 Å². The van der Waals surface area contributed by atoms with Gasteiger partial charge >= 0.3 is 5.97 Å². The molecule has 0 spiro atoms. The summed E-state index contributed by atoms with van der Waals surface area (Å²) in [7, 11) is -3.96. The van der Waals surface area contributed by atoms with E-state index in [1.54, 1.807) is 26.0 Å². The summed E-state index contributed by atoms with van der Waals surface area (Å²) in [5.74, 6) is -0.808. The van der Waals surface area contributed by atoms with Crippen molar-refractivity contribution in [3.63, 3.8) is 0 Å². The van der Waals surface area contributed by atoms with Crippen LogP contribution in [0.5, 0.6) is 5.75 Å². The van der Waals surface area contributed by atoms with Crippen LogP contribution in [0, 0.1) is 12.8 Å². The first kappa shape index (κ1) is 25.3.